The van der Waals surface area contributed by atoms with Gasteiger partial charge in [-0.25, -0.2) is 0 Å². The Bertz CT molecular complexity index is 398. The van der Waals surface area contributed by atoms with E-state index in [1.54, 1.807) is 0 Å². The molecule has 1 unspecified atom stereocenters. The summed E-state index contributed by atoms with van der Waals surface area (Å²) in [6, 6.07) is 7.93. The van der Waals surface area contributed by atoms with Crippen molar-refractivity contribution in [2.24, 2.45) is 5.92 Å². The van der Waals surface area contributed by atoms with Gasteiger partial charge >= 0.3 is 0 Å². The van der Waals surface area contributed by atoms with Crippen molar-refractivity contribution in [2.45, 2.75) is 46.0 Å². The van der Waals surface area contributed by atoms with Crippen molar-refractivity contribution in [1.29, 1.82) is 0 Å². The van der Waals surface area contributed by atoms with Crippen LogP contribution in [0.25, 0.3) is 0 Å². The Labute approximate surface area is 117 Å². The highest BCUT2D eigenvalue weighted by molar-refractivity contribution is 5.97. The van der Waals surface area contributed by atoms with Crippen LogP contribution in [0, 0.1) is 5.92 Å². The zero-order chi connectivity index (χ0) is 14.3. The number of Topliss-reactive ketones (excluding diaryl/α,β-unsaturated/α-hetero) is 1. The molecular formula is C17H27NO. The Kier molecular flexibility index (Phi) is 6.61. The van der Waals surface area contributed by atoms with Crippen LogP contribution in [0.15, 0.2) is 24.3 Å². The van der Waals surface area contributed by atoms with Crippen LogP contribution in [0.3, 0.4) is 0 Å². The lowest BCUT2D eigenvalue weighted by Gasteiger charge is -2.15. The molecule has 2 heteroatoms. The number of nitrogens with zero attached hydrogens (tertiary/aromatic N) is 1. The van der Waals surface area contributed by atoms with Crippen molar-refractivity contribution in [1.82, 2.24) is 0 Å². The van der Waals surface area contributed by atoms with Gasteiger partial charge in [0.1, 0.15) is 0 Å². The van der Waals surface area contributed by atoms with E-state index in [-0.39, 0.29) is 5.78 Å². The number of hydrogen-bond acceptors (Lipinski definition) is 2. The first-order valence-corrected chi connectivity index (χ1v) is 7.39. The number of hydrogen-bond donors (Lipinski definition) is 0. The van der Waals surface area contributed by atoms with E-state index in [9.17, 15) is 4.79 Å². The summed E-state index contributed by atoms with van der Waals surface area (Å²) in [7, 11) is 4.00. The molecule has 0 aromatic heterocycles. The molecule has 0 aliphatic heterocycles. The number of benzene rings is 1. The van der Waals surface area contributed by atoms with Crippen molar-refractivity contribution in [3.05, 3.63) is 29.8 Å². The molecule has 0 saturated carbocycles. The van der Waals surface area contributed by atoms with Crippen molar-refractivity contribution in [2.75, 3.05) is 19.0 Å². The third-order valence-electron chi connectivity index (χ3n) is 3.70. The maximum Gasteiger partial charge on any atom is 0.163 e. The van der Waals surface area contributed by atoms with E-state index in [1.807, 2.05) is 43.3 Å². The van der Waals surface area contributed by atoms with Gasteiger partial charge in [-0.05, 0) is 18.1 Å². The lowest BCUT2D eigenvalue weighted by molar-refractivity contribution is 0.0957. The summed E-state index contributed by atoms with van der Waals surface area (Å²) < 4.78 is 0. The Morgan fingerprint density at radius 2 is 2.00 bits per heavy atom. The SMILES string of the molecule is CCCCC(CC)CC(=O)c1cccc(N(C)C)c1. The summed E-state index contributed by atoms with van der Waals surface area (Å²) in [5.41, 5.74) is 1.94. The van der Waals surface area contributed by atoms with Crippen LogP contribution in [-0.2, 0) is 0 Å². The number of ketones is 1. The highest BCUT2D eigenvalue weighted by Crippen LogP contribution is 2.21. The Balaban J connectivity index is 2.68. The quantitative estimate of drug-likeness (QED) is 0.640. The van der Waals surface area contributed by atoms with Gasteiger partial charge in [-0.2, -0.15) is 0 Å². The predicted octanol–water partition coefficient (Wildman–Crippen LogP) is 4.54. The van der Waals surface area contributed by atoms with Crippen LogP contribution in [-0.4, -0.2) is 19.9 Å². The molecule has 19 heavy (non-hydrogen) atoms. The van der Waals surface area contributed by atoms with E-state index in [0.29, 0.717) is 12.3 Å². The van der Waals surface area contributed by atoms with Gasteiger partial charge in [0.25, 0.3) is 0 Å². The molecule has 0 radical (unpaired) electrons. The van der Waals surface area contributed by atoms with Crippen molar-refractivity contribution in [3.8, 4) is 0 Å². The summed E-state index contributed by atoms with van der Waals surface area (Å²) in [4.78, 5) is 14.4. The van der Waals surface area contributed by atoms with Crippen molar-refractivity contribution in [3.63, 3.8) is 0 Å². The highest BCUT2D eigenvalue weighted by Gasteiger charge is 2.14. The fourth-order valence-electron chi connectivity index (χ4n) is 2.28. The second-order valence-electron chi connectivity index (χ2n) is 5.49. The molecule has 1 aromatic rings. The van der Waals surface area contributed by atoms with Gasteiger partial charge in [-0.15, -0.1) is 0 Å². The van der Waals surface area contributed by atoms with Gasteiger partial charge in [0.05, 0.1) is 0 Å². The average molecular weight is 261 g/mol. The molecule has 1 rings (SSSR count). The molecule has 0 aliphatic rings. The zero-order valence-corrected chi connectivity index (χ0v) is 12.8. The monoisotopic (exact) mass is 261 g/mol. The minimum atomic E-state index is 0.284. The minimum Gasteiger partial charge on any atom is -0.378 e. The van der Waals surface area contributed by atoms with E-state index < -0.39 is 0 Å². The highest BCUT2D eigenvalue weighted by atomic mass is 16.1. The third-order valence-corrected chi connectivity index (χ3v) is 3.70. The molecule has 1 atom stereocenters. The third kappa shape index (κ3) is 5.06. The number of carbonyl (C=O) groups excluding carboxylic acids is 1. The lowest BCUT2D eigenvalue weighted by atomic mass is 9.91. The Morgan fingerprint density at radius 3 is 2.58 bits per heavy atom. The van der Waals surface area contributed by atoms with E-state index in [1.165, 1.54) is 19.3 Å². The molecule has 0 fully saturated rings. The summed E-state index contributed by atoms with van der Waals surface area (Å²) >= 11 is 0. The maximum absolute atomic E-state index is 12.3. The first-order valence-electron chi connectivity index (χ1n) is 7.39. The molecule has 0 N–H and O–H groups in total. The Morgan fingerprint density at radius 1 is 1.26 bits per heavy atom. The van der Waals surface area contributed by atoms with E-state index >= 15 is 0 Å². The van der Waals surface area contributed by atoms with Gasteiger partial charge in [0.15, 0.2) is 5.78 Å². The molecule has 0 amide bonds. The fourth-order valence-corrected chi connectivity index (χ4v) is 2.28. The number of rotatable bonds is 8. The van der Waals surface area contributed by atoms with Gasteiger partial charge in [0.2, 0.25) is 0 Å². The van der Waals surface area contributed by atoms with Crippen molar-refractivity contribution < 1.29 is 4.79 Å². The predicted molar refractivity (Wildman–Crippen MR) is 83.0 cm³/mol. The van der Waals surface area contributed by atoms with Gasteiger partial charge < -0.3 is 4.90 Å². The van der Waals surface area contributed by atoms with Crippen LogP contribution >= 0.6 is 0 Å². The first-order chi connectivity index (χ1) is 9.08. The Hall–Kier alpha value is -1.31. The molecule has 106 valence electrons. The molecule has 0 saturated heterocycles. The van der Waals surface area contributed by atoms with Crippen molar-refractivity contribution >= 4 is 11.5 Å². The smallest absolute Gasteiger partial charge is 0.163 e. The molecule has 2 nitrogen and oxygen atoms in total. The topological polar surface area (TPSA) is 20.3 Å². The van der Waals surface area contributed by atoms with Gasteiger partial charge in [-0.3, -0.25) is 4.79 Å². The number of carbonyl (C=O) groups is 1. The van der Waals surface area contributed by atoms with E-state index in [2.05, 4.69) is 13.8 Å². The molecule has 1 aromatic carbocycles. The molecule has 0 bridgehead atoms. The summed E-state index contributed by atoms with van der Waals surface area (Å²) in [6.07, 6.45) is 5.39. The van der Waals surface area contributed by atoms with E-state index in [0.717, 1.165) is 17.7 Å². The number of unbranched alkanes of at least 4 members (excludes halogenated alkanes) is 1. The van der Waals surface area contributed by atoms with E-state index in [4.69, 9.17) is 0 Å². The minimum absolute atomic E-state index is 0.284. The standard InChI is InChI=1S/C17H27NO/c1-5-7-9-14(6-2)12-17(19)15-10-8-11-16(13-15)18(3)4/h8,10-11,13-14H,5-7,9,12H2,1-4H3. The largest absolute Gasteiger partial charge is 0.378 e. The second-order valence-corrected chi connectivity index (χ2v) is 5.49. The molecule has 0 aliphatic carbocycles. The first kappa shape index (κ1) is 15.7. The fraction of sp³-hybridized carbons (Fsp3) is 0.588. The van der Waals surface area contributed by atoms with Crippen LogP contribution in [0.4, 0.5) is 5.69 Å². The molecule has 0 spiro atoms. The number of anilines is 1. The van der Waals surface area contributed by atoms with Crippen LogP contribution < -0.4 is 4.90 Å². The van der Waals surface area contributed by atoms with Gasteiger partial charge in [-0.1, -0.05) is 51.7 Å². The molecular weight excluding hydrogens is 234 g/mol. The van der Waals surface area contributed by atoms with Crippen LogP contribution in [0.5, 0.6) is 0 Å². The zero-order valence-electron chi connectivity index (χ0n) is 12.8. The van der Waals surface area contributed by atoms with Crippen LogP contribution in [0.1, 0.15) is 56.3 Å². The summed E-state index contributed by atoms with van der Waals surface area (Å²) in [6.45, 7) is 4.39. The maximum atomic E-state index is 12.3. The lowest BCUT2D eigenvalue weighted by Crippen LogP contribution is -2.11. The van der Waals surface area contributed by atoms with Crippen LogP contribution in [0.2, 0.25) is 0 Å². The summed E-state index contributed by atoms with van der Waals surface area (Å²) in [5, 5.41) is 0. The normalized spacial score (nSPS) is 12.2. The second kappa shape index (κ2) is 7.98. The average Bonchev–Trinajstić information content (AvgIpc) is 2.43. The molecule has 0 heterocycles. The van der Waals surface area contributed by atoms with Gasteiger partial charge in [0, 0.05) is 31.8 Å². The summed E-state index contributed by atoms with van der Waals surface area (Å²) in [5.74, 6) is 0.821.